The lowest BCUT2D eigenvalue weighted by molar-refractivity contribution is -0.122. The fourth-order valence-electron chi connectivity index (χ4n) is 3.51. The molecule has 3 aromatic heterocycles. The van der Waals surface area contributed by atoms with Crippen LogP contribution in [-0.2, 0) is 11.8 Å². The summed E-state index contributed by atoms with van der Waals surface area (Å²) >= 11 is 0. The minimum absolute atomic E-state index is 0.250. The van der Waals surface area contributed by atoms with Crippen LogP contribution >= 0.6 is 0 Å². The van der Waals surface area contributed by atoms with Crippen LogP contribution in [0.15, 0.2) is 30.6 Å². The zero-order valence-electron chi connectivity index (χ0n) is 16.8. The van der Waals surface area contributed by atoms with Crippen molar-refractivity contribution in [3.8, 4) is 23.1 Å². The van der Waals surface area contributed by atoms with Gasteiger partial charge in [-0.05, 0) is 38.6 Å². The summed E-state index contributed by atoms with van der Waals surface area (Å²) in [4.78, 5) is 19.9. The normalized spacial score (nSPS) is 16.7. The quantitative estimate of drug-likeness (QED) is 0.658. The summed E-state index contributed by atoms with van der Waals surface area (Å²) in [5.74, 6) is 3.30. The Morgan fingerprint density at radius 2 is 2.07 bits per heavy atom. The van der Waals surface area contributed by atoms with Crippen molar-refractivity contribution in [2.45, 2.75) is 18.8 Å². The van der Waals surface area contributed by atoms with Crippen molar-refractivity contribution in [3.63, 3.8) is 0 Å². The van der Waals surface area contributed by atoms with Gasteiger partial charge in [-0.25, -0.2) is 9.97 Å². The van der Waals surface area contributed by atoms with Crippen LogP contribution in [0.1, 0.15) is 24.6 Å². The third kappa shape index (κ3) is 4.43. The Labute approximate surface area is 168 Å². The van der Waals surface area contributed by atoms with E-state index >= 15 is 0 Å². The van der Waals surface area contributed by atoms with Crippen molar-refractivity contribution in [1.82, 2.24) is 34.4 Å². The number of aromatic nitrogens is 6. The summed E-state index contributed by atoms with van der Waals surface area (Å²) < 4.78 is 9.08. The molecule has 1 saturated heterocycles. The van der Waals surface area contributed by atoms with Crippen LogP contribution in [0, 0.1) is 0 Å². The Kier molecular flexibility index (Phi) is 6.55. The molecule has 0 spiro atoms. The molecule has 1 aliphatic heterocycles. The molecular weight excluding hydrogens is 374 g/mol. The van der Waals surface area contributed by atoms with E-state index in [-0.39, 0.29) is 6.47 Å². The molecule has 1 unspecified atom stereocenters. The van der Waals surface area contributed by atoms with Gasteiger partial charge in [0.15, 0.2) is 17.5 Å². The van der Waals surface area contributed by atoms with E-state index in [9.17, 15) is 0 Å². The molecule has 4 heterocycles. The Hall–Kier alpha value is -3.27. The summed E-state index contributed by atoms with van der Waals surface area (Å²) in [6, 6.07) is 5.77. The van der Waals surface area contributed by atoms with Gasteiger partial charge in [0.25, 0.3) is 6.47 Å². The molecule has 1 atom stereocenters. The molecule has 0 aliphatic carbocycles. The second-order valence-corrected chi connectivity index (χ2v) is 6.79. The Balaban J connectivity index is 0.000000755. The maximum atomic E-state index is 8.36. The summed E-state index contributed by atoms with van der Waals surface area (Å²) in [5, 5.41) is 16.0. The molecule has 0 bridgehead atoms. The highest BCUT2D eigenvalue weighted by atomic mass is 16.5. The predicted octanol–water partition coefficient (Wildman–Crippen LogP) is 1.58. The van der Waals surface area contributed by atoms with Gasteiger partial charge >= 0.3 is 0 Å². The molecule has 1 N–H and O–H groups in total. The number of piperidine rings is 1. The van der Waals surface area contributed by atoms with E-state index in [4.69, 9.17) is 24.7 Å². The number of pyridine rings is 1. The molecule has 1 fully saturated rings. The second-order valence-electron chi connectivity index (χ2n) is 6.79. The van der Waals surface area contributed by atoms with Crippen molar-refractivity contribution in [1.29, 1.82) is 0 Å². The molecule has 0 amide bonds. The summed E-state index contributed by atoms with van der Waals surface area (Å²) in [5.41, 5.74) is 0.819. The molecule has 1 aliphatic rings. The first-order valence-electron chi connectivity index (χ1n) is 9.30. The smallest absolute Gasteiger partial charge is 0.290 e. The van der Waals surface area contributed by atoms with Crippen molar-refractivity contribution in [2.75, 3.05) is 27.2 Å². The number of methoxy groups -OCH3 is 1. The van der Waals surface area contributed by atoms with E-state index in [1.807, 2.05) is 29.9 Å². The van der Waals surface area contributed by atoms with Gasteiger partial charge in [-0.1, -0.05) is 0 Å². The maximum absolute atomic E-state index is 8.36. The van der Waals surface area contributed by atoms with Crippen LogP contribution in [-0.4, -0.2) is 73.3 Å². The molecular formula is C19H25N7O3. The fourth-order valence-corrected chi connectivity index (χ4v) is 3.51. The lowest BCUT2D eigenvalue weighted by Gasteiger charge is -2.27. The first kappa shape index (κ1) is 20.5. The van der Waals surface area contributed by atoms with E-state index in [0.29, 0.717) is 11.8 Å². The van der Waals surface area contributed by atoms with Crippen LogP contribution in [0.25, 0.3) is 17.2 Å². The topological polar surface area (TPSA) is 111 Å². The number of hydrogen-bond donors (Lipinski definition) is 1. The van der Waals surface area contributed by atoms with Gasteiger partial charge in [0, 0.05) is 31.8 Å². The first-order chi connectivity index (χ1) is 14.1. The molecule has 10 heteroatoms. The van der Waals surface area contributed by atoms with Gasteiger partial charge < -0.3 is 14.7 Å². The second kappa shape index (κ2) is 9.28. The number of carboxylic acid groups (broad SMARTS) is 1. The van der Waals surface area contributed by atoms with Crippen LogP contribution in [0.3, 0.4) is 0 Å². The Morgan fingerprint density at radius 3 is 2.72 bits per heavy atom. The lowest BCUT2D eigenvalue weighted by Crippen LogP contribution is -2.31. The lowest BCUT2D eigenvalue weighted by atomic mass is 9.98. The Bertz CT molecular complexity index is 953. The van der Waals surface area contributed by atoms with E-state index in [1.165, 1.54) is 0 Å². The van der Waals surface area contributed by atoms with Crippen LogP contribution < -0.4 is 4.74 Å². The highest BCUT2D eigenvalue weighted by Gasteiger charge is 2.26. The van der Waals surface area contributed by atoms with Gasteiger partial charge in [-0.15, -0.1) is 5.10 Å². The summed E-state index contributed by atoms with van der Waals surface area (Å²) in [6.07, 6.45) is 5.73. The minimum atomic E-state index is -0.250. The predicted molar refractivity (Wildman–Crippen MR) is 106 cm³/mol. The number of carbonyl (C=O) groups is 1. The van der Waals surface area contributed by atoms with E-state index < -0.39 is 0 Å². The highest BCUT2D eigenvalue weighted by molar-refractivity contribution is 5.63. The number of rotatable bonds is 4. The standard InChI is InChI=1S/C18H23N7O.CH2O2/c1-23-11-5-6-13(12-23)16-21-17(14-7-4-9-19-18(14)26-3)25(22-16)15-8-10-20-24(15)2;2-1-3/h4,7-10,13H,5-6,11-12H2,1-3H3;1H,(H,2,3). The number of hydrogen-bond acceptors (Lipinski definition) is 7. The van der Waals surface area contributed by atoms with Crippen LogP contribution in [0.5, 0.6) is 5.88 Å². The highest BCUT2D eigenvalue weighted by Crippen LogP contribution is 2.31. The average molecular weight is 399 g/mol. The summed E-state index contributed by atoms with van der Waals surface area (Å²) in [6.45, 7) is 1.85. The molecule has 154 valence electrons. The number of aryl methyl sites for hydroxylation is 1. The number of ether oxygens (including phenoxy) is 1. The van der Waals surface area contributed by atoms with Crippen molar-refractivity contribution >= 4 is 6.47 Å². The number of likely N-dealkylation sites (tertiary alicyclic amines) is 1. The molecule has 0 aromatic carbocycles. The minimum Gasteiger partial charge on any atom is -0.483 e. The largest absolute Gasteiger partial charge is 0.483 e. The van der Waals surface area contributed by atoms with Gasteiger partial charge in [-0.3, -0.25) is 9.48 Å². The maximum Gasteiger partial charge on any atom is 0.290 e. The first-order valence-corrected chi connectivity index (χ1v) is 9.30. The van der Waals surface area contributed by atoms with Crippen molar-refractivity contribution < 1.29 is 14.6 Å². The van der Waals surface area contributed by atoms with Crippen LogP contribution in [0.2, 0.25) is 0 Å². The van der Waals surface area contributed by atoms with Gasteiger partial charge in [0.1, 0.15) is 0 Å². The van der Waals surface area contributed by atoms with Gasteiger partial charge in [0.05, 0.1) is 18.9 Å². The number of nitrogens with zero attached hydrogens (tertiary/aromatic N) is 7. The van der Waals surface area contributed by atoms with Crippen molar-refractivity contribution in [3.05, 3.63) is 36.4 Å². The van der Waals surface area contributed by atoms with Gasteiger partial charge in [0.2, 0.25) is 5.88 Å². The molecule has 10 nitrogen and oxygen atoms in total. The summed E-state index contributed by atoms with van der Waals surface area (Å²) in [7, 11) is 5.66. The third-order valence-corrected chi connectivity index (χ3v) is 4.83. The molecule has 0 saturated carbocycles. The van der Waals surface area contributed by atoms with Crippen molar-refractivity contribution in [2.24, 2.45) is 7.05 Å². The monoisotopic (exact) mass is 399 g/mol. The molecule has 3 aromatic rings. The Morgan fingerprint density at radius 1 is 1.28 bits per heavy atom. The molecule has 0 radical (unpaired) electrons. The zero-order valence-corrected chi connectivity index (χ0v) is 16.8. The fraction of sp³-hybridized carbons (Fsp3) is 0.421. The van der Waals surface area contributed by atoms with E-state index in [0.717, 1.165) is 49.0 Å². The van der Waals surface area contributed by atoms with Gasteiger partial charge in [-0.2, -0.15) is 9.78 Å². The zero-order chi connectivity index (χ0) is 20.8. The van der Waals surface area contributed by atoms with E-state index in [1.54, 1.807) is 24.2 Å². The van der Waals surface area contributed by atoms with E-state index in [2.05, 4.69) is 22.0 Å². The number of likely N-dealkylation sites (N-methyl/N-ethyl adjacent to an activating group) is 1. The molecule has 29 heavy (non-hydrogen) atoms. The van der Waals surface area contributed by atoms with Crippen LogP contribution in [0.4, 0.5) is 0 Å². The molecule has 4 rings (SSSR count). The SMILES string of the molecule is COc1ncccc1-c1nc(C2CCCN(C)C2)nn1-c1ccnn1C.O=CO. The third-order valence-electron chi connectivity index (χ3n) is 4.83. The average Bonchev–Trinajstić information content (AvgIpc) is 3.34.